The summed E-state index contributed by atoms with van der Waals surface area (Å²) in [4.78, 5) is 44.9. The molecule has 0 spiro atoms. The molecule has 1 saturated heterocycles. The molecular weight excluding hydrogens is 512 g/mol. The van der Waals surface area contributed by atoms with Gasteiger partial charge in [0.15, 0.2) is 17.3 Å². The minimum absolute atomic E-state index is 0.0785. The second-order valence-electron chi connectivity index (χ2n) is 9.02. The van der Waals surface area contributed by atoms with Crippen LogP contribution >= 0.6 is 0 Å². The number of carbonyl (C=O) groups is 3. The molecule has 4 aromatic rings. The lowest BCUT2D eigenvalue weighted by molar-refractivity contribution is -0.140. The van der Waals surface area contributed by atoms with Gasteiger partial charge in [-0.2, -0.15) is 0 Å². The van der Waals surface area contributed by atoms with Gasteiger partial charge in [0.25, 0.3) is 11.7 Å². The summed E-state index contributed by atoms with van der Waals surface area (Å²) in [5.74, 6) is -1.15. The van der Waals surface area contributed by atoms with E-state index in [4.69, 9.17) is 13.9 Å². The van der Waals surface area contributed by atoms with E-state index in [0.29, 0.717) is 34.8 Å². The Morgan fingerprint density at radius 2 is 1.80 bits per heavy atom. The summed E-state index contributed by atoms with van der Waals surface area (Å²) in [5.41, 5.74) is 1.81. The number of hydrogen-bond donors (Lipinski definition) is 1. The molecule has 0 saturated carbocycles. The van der Waals surface area contributed by atoms with Crippen LogP contribution in [-0.4, -0.2) is 46.2 Å². The number of carbonyl (C=O) groups excluding carboxylic acids is 3. The third kappa shape index (κ3) is 4.96. The van der Waals surface area contributed by atoms with Crippen molar-refractivity contribution in [2.24, 2.45) is 0 Å². The number of rotatable bonds is 9. The first-order chi connectivity index (χ1) is 19.4. The van der Waals surface area contributed by atoms with Crippen molar-refractivity contribution in [3.63, 3.8) is 0 Å². The maximum absolute atomic E-state index is 13.4. The molecule has 3 heterocycles. The molecule has 1 N–H and O–H groups in total. The average molecular weight is 539 g/mol. The number of hydrogen-bond acceptors (Lipinski definition) is 8. The Labute approximate surface area is 230 Å². The number of ketones is 2. The smallest absolute Gasteiger partial charge is 0.295 e. The Morgan fingerprint density at radius 3 is 2.45 bits per heavy atom. The van der Waals surface area contributed by atoms with Crippen LogP contribution in [0, 0.1) is 0 Å². The first-order valence-corrected chi connectivity index (χ1v) is 12.6. The van der Waals surface area contributed by atoms with Gasteiger partial charge in [-0.05, 0) is 48.4 Å². The highest BCUT2D eigenvalue weighted by atomic mass is 16.5. The summed E-state index contributed by atoms with van der Waals surface area (Å²) in [7, 11) is 1.50. The van der Waals surface area contributed by atoms with Crippen LogP contribution in [0.25, 0.3) is 5.76 Å². The van der Waals surface area contributed by atoms with E-state index in [1.54, 1.807) is 54.9 Å². The van der Waals surface area contributed by atoms with Crippen LogP contribution in [0.15, 0.2) is 95.4 Å². The molecule has 5 rings (SSSR count). The zero-order chi connectivity index (χ0) is 28.2. The molecule has 202 valence electrons. The molecular formula is C31H26N2O7. The minimum atomic E-state index is -0.922. The molecule has 0 radical (unpaired) electrons. The topological polar surface area (TPSA) is 119 Å². The summed E-state index contributed by atoms with van der Waals surface area (Å²) in [6.45, 7) is 2.36. The number of furan rings is 1. The molecule has 0 bridgehead atoms. The van der Waals surface area contributed by atoms with Crippen molar-refractivity contribution >= 4 is 23.2 Å². The van der Waals surface area contributed by atoms with Crippen molar-refractivity contribution in [2.75, 3.05) is 13.7 Å². The maximum Gasteiger partial charge on any atom is 0.295 e. The second-order valence-corrected chi connectivity index (χ2v) is 9.02. The molecule has 0 unspecified atom stereocenters. The van der Waals surface area contributed by atoms with Gasteiger partial charge in [0.1, 0.15) is 5.76 Å². The monoisotopic (exact) mass is 538 g/mol. The summed E-state index contributed by atoms with van der Waals surface area (Å²) in [6, 6.07) is 17.0. The zero-order valence-corrected chi connectivity index (χ0v) is 21.9. The fraction of sp³-hybridized carbons (Fsp3) is 0.161. The van der Waals surface area contributed by atoms with Crippen molar-refractivity contribution in [3.8, 4) is 11.5 Å². The molecule has 1 aliphatic rings. The number of methoxy groups -OCH3 is 1. The average Bonchev–Trinajstić information content (AvgIpc) is 3.61. The van der Waals surface area contributed by atoms with Crippen molar-refractivity contribution < 1.29 is 33.4 Å². The van der Waals surface area contributed by atoms with Gasteiger partial charge in [0, 0.05) is 30.1 Å². The standard InChI is InChI=1S/C31H26N2O7/c1-3-39-23-13-12-22(16-25(23)38-2)27-26(30(36)31(37)33(27)18-19-6-4-14-32-17-19)29(35)21-10-8-20(9-11-21)28(34)24-7-5-15-40-24/h4-17,27,35H,3,18H2,1-2H3/t27-/m1/s1. The summed E-state index contributed by atoms with van der Waals surface area (Å²) in [5, 5.41) is 11.4. The summed E-state index contributed by atoms with van der Waals surface area (Å²) >= 11 is 0. The number of pyridine rings is 1. The molecule has 2 aromatic carbocycles. The van der Waals surface area contributed by atoms with Crippen LogP contribution in [0.4, 0.5) is 0 Å². The second kappa shape index (κ2) is 11.3. The van der Waals surface area contributed by atoms with Crippen molar-refractivity contribution in [3.05, 3.63) is 119 Å². The normalized spacial score (nSPS) is 16.2. The van der Waals surface area contributed by atoms with E-state index in [1.807, 2.05) is 6.92 Å². The molecule has 40 heavy (non-hydrogen) atoms. The van der Waals surface area contributed by atoms with Gasteiger partial charge in [0.05, 0.1) is 31.6 Å². The number of ether oxygens (including phenoxy) is 2. The number of aliphatic hydroxyl groups excluding tert-OH is 1. The SMILES string of the molecule is CCOc1ccc([C@@H]2C(=C(O)c3ccc(C(=O)c4ccco4)cc3)C(=O)C(=O)N2Cc2cccnc2)cc1OC. The van der Waals surface area contributed by atoms with E-state index in [0.717, 1.165) is 0 Å². The summed E-state index contributed by atoms with van der Waals surface area (Å²) < 4.78 is 16.3. The largest absolute Gasteiger partial charge is 0.507 e. The lowest BCUT2D eigenvalue weighted by Gasteiger charge is -2.26. The third-order valence-corrected chi connectivity index (χ3v) is 6.58. The number of aliphatic hydroxyl groups is 1. The molecule has 1 amide bonds. The van der Waals surface area contributed by atoms with E-state index in [-0.39, 0.29) is 35.0 Å². The number of likely N-dealkylation sites (tertiary alicyclic amines) is 1. The molecule has 1 atom stereocenters. The molecule has 1 aliphatic heterocycles. The Balaban J connectivity index is 1.59. The van der Waals surface area contributed by atoms with E-state index in [9.17, 15) is 19.5 Å². The van der Waals surface area contributed by atoms with Gasteiger partial charge in [-0.25, -0.2) is 0 Å². The number of nitrogens with zero attached hydrogens (tertiary/aromatic N) is 2. The Morgan fingerprint density at radius 1 is 1.02 bits per heavy atom. The third-order valence-electron chi connectivity index (χ3n) is 6.58. The van der Waals surface area contributed by atoms with Crippen molar-refractivity contribution in [1.82, 2.24) is 9.88 Å². The number of Topliss-reactive ketones (excluding diaryl/α,β-unsaturated/α-hetero) is 1. The highest BCUT2D eigenvalue weighted by Gasteiger charge is 2.46. The van der Waals surface area contributed by atoms with Crippen molar-refractivity contribution in [1.29, 1.82) is 0 Å². The highest BCUT2D eigenvalue weighted by Crippen LogP contribution is 2.42. The Hall–Kier alpha value is -5.18. The van der Waals surface area contributed by atoms with Crippen LogP contribution in [0.5, 0.6) is 11.5 Å². The maximum atomic E-state index is 13.4. The van der Waals surface area contributed by atoms with E-state index in [2.05, 4.69) is 4.98 Å². The van der Waals surface area contributed by atoms with Crippen LogP contribution in [0.1, 0.15) is 45.8 Å². The molecule has 9 nitrogen and oxygen atoms in total. The molecule has 2 aromatic heterocycles. The number of aromatic nitrogens is 1. The lowest BCUT2D eigenvalue weighted by atomic mass is 9.94. The first-order valence-electron chi connectivity index (χ1n) is 12.6. The predicted octanol–water partition coefficient (Wildman–Crippen LogP) is 4.93. The van der Waals surface area contributed by atoms with Crippen molar-refractivity contribution in [2.45, 2.75) is 19.5 Å². The Kier molecular flexibility index (Phi) is 7.46. The van der Waals surface area contributed by atoms with Crippen LogP contribution < -0.4 is 9.47 Å². The van der Waals surface area contributed by atoms with E-state index in [1.165, 1.54) is 42.5 Å². The van der Waals surface area contributed by atoms with Gasteiger partial charge < -0.3 is 23.9 Å². The zero-order valence-electron chi connectivity index (χ0n) is 21.9. The number of benzene rings is 2. The highest BCUT2D eigenvalue weighted by molar-refractivity contribution is 6.46. The lowest BCUT2D eigenvalue weighted by Crippen LogP contribution is -2.29. The minimum Gasteiger partial charge on any atom is -0.507 e. The van der Waals surface area contributed by atoms with Crippen LogP contribution in [0.3, 0.4) is 0 Å². The van der Waals surface area contributed by atoms with Gasteiger partial charge >= 0.3 is 0 Å². The van der Waals surface area contributed by atoms with E-state index >= 15 is 0 Å². The van der Waals surface area contributed by atoms with Gasteiger partial charge in [-0.15, -0.1) is 0 Å². The van der Waals surface area contributed by atoms with E-state index < -0.39 is 17.7 Å². The van der Waals surface area contributed by atoms with Crippen LogP contribution in [-0.2, 0) is 16.1 Å². The molecule has 1 fully saturated rings. The van der Waals surface area contributed by atoms with Gasteiger partial charge in [-0.3, -0.25) is 19.4 Å². The predicted molar refractivity (Wildman–Crippen MR) is 145 cm³/mol. The molecule has 0 aliphatic carbocycles. The van der Waals surface area contributed by atoms with Crippen LogP contribution in [0.2, 0.25) is 0 Å². The fourth-order valence-corrected chi connectivity index (χ4v) is 4.69. The fourth-order valence-electron chi connectivity index (χ4n) is 4.69. The van der Waals surface area contributed by atoms with Gasteiger partial charge in [0.2, 0.25) is 5.78 Å². The molecule has 9 heteroatoms. The summed E-state index contributed by atoms with van der Waals surface area (Å²) in [6.07, 6.45) is 4.64. The Bertz CT molecular complexity index is 1580. The number of amides is 1. The first kappa shape index (κ1) is 26.4. The van der Waals surface area contributed by atoms with Gasteiger partial charge in [-0.1, -0.05) is 36.4 Å². The quantitative estimate of drug-likeness (QED) is 0.138.